The Kier molecular flexibility index (Phi) is 9.53. The van der Waals surface area contributed by atoms with Gasteiger partial charge in [0, 0.05) is 53.0 Å². The lowest BCUT2D eigenvalue weighted by atomic mass is 9.96. The van der Waals surface area contributed by atoms with E-state index in [1.165, 1.54) is 19.3 Å². The molecule has 2 saturated heterocycles. The third kappa shape index (κ3) is 8.81. The Morgan fingerprint density at radius 1 is 1.24 bits per heavy atom. The predicted molar refractivity (Wildman–Crippen MR) is 117 cm³/mol. The standard InChI is InChI=1S/C22H42N4O3/c1-6-23-20(25(5)13-9-18-10-14-28-15-11-18)24-16-19-8-7-12-26(17-19)21(27)29-22(2,3)4/h18-19H,6-17H2,1-5H3,(H,23,24). The Hall–Kier alpha value is -1.50. The van der Waals surface area contributed by atoms with Crippen LogP contribution < -0.4 is 5.32 Å². The molecule has 29 heavy (non-hydrogen) atoms. The van der Waals surface area contributed by atoms with E-state index in [0.29, 0.717) is 5.92 Å². The van der Waals surface area contributed by atoms with Gasteiger partial charge in [0.2, 0.25) is 0 Å². The van der Waals surface area contributed by atoms with Gasteiger partial charge in [0.1, 0.15) is 5.60 Å². The summed E-state index contributed by atoms with van der Waals surface area (Å²) >= 11 is 0. The number of hydrogen-bond donors (Lipinski definition) is 1. The molecule has 7 nitrogen and oxygen atoms in total. The second-order valence-corrected chi connectivity index (χ2v) is 9.40. The zero-order valence-corrected chi connectivity index (χ0v) is 19.2. The van der Waals surface area contributed by atoms with E-state index in [4.69, 9.17) is 14.5 Å². The topological polar surface area (TPSA) is 66.4 Å². The van der Waals surface area contributed by atoms with Crippen LogP contribution in [-0.4, -0.2) is 80.4 Å². The number of aliphatic imine (C=N–C) groups is 1. The summed E-state index contributed by atoms with van der Waals surface area (Å²) in [7, 11) is 2.12. The second kappa shape index (κ2) is 11.6. The third-order valence-corrected chi connectivity index (χ3v) is 5.58. The first-order valence-corrected chi connectivity index (χ1v) is 11.3. The summed E-state index contributed by atoms with van der Waals surface area (Å²) < 4.78 is 11.0. The Balaban J connectivity index is 1.85. The normalized spacial score (nSPS) is 21.8. The molecule has 0 bridgehead atoms. The summed E-state index contributed by atoms with van der Waals surface area (Å²) in [5.41, 5.74) is -0.451. The van der Waals surface area contributed by atoms with E-state index in [1.54, 1.807) is 0 Å². The second-order valence-electron chi connectivity index (χ2n) is 9.40. The molecule has 0 saturated carbocycles. The van der Waals surface area contributed by atoms with Crippen molar-refractivity contribution in [2.24, 2.45) is 16.8 Å². The summed E-state index contributed by atoms with van der Waals surface area (Å²) in [6.45, 7) is 13.7. The molecule has 168 valence electrons. The third-order valence-electron chi connectivity index (χ3n) is 5.58. The molecular formula is C22H42N4O3. The summed E-state index contributed by atoms with van der Waals surface area (Å²) in [5.74, 6) is 2.11. The molecule has 7 heteroatoms. The molecule has 0 aromatic rings. The Morgan fingerprint density at radius 3 is 2.62 bits per heavy atom. The van der Waals surface area contributed by atoms with Gasteiger partial charge >= 0.3 is 6.09 Å². The van der Waals surface area contributed by atoms with E-state index in [1.807, 2.05) is 25.7 Å². The largest absolute Gasteiger partial charge is 0.444 e. The van der Waals surface area contributed by atoms with Gasteiger partial charge in [-0.05, 0) is 71.6 Å². The van der Waals surface area contributed by atoms with Crippen LogP contribution in [0.5, 0.6) is 0 Å². The first-order valence-electron chi connectivity index (χ1n) is 11.3. The van der Waals surface area contributed by atoms with Crippen LogP contribution in [0.4, 0.5) is 4.79 Å². The number of rotatable bonds is 6. The molecule has 1 amide bonds. The molecule has 0 spiro atoms. The predicted octanol–water partition coefficient (Wildman–Crippen LogP) is 3.35. The first-order chi connectivity index (χ1) is 13.8. The lowest BCUT2D eigenvalue weighted by Crippen LogP contribution is -2.44. The molecule has 1 atom stereocenters. The molecule has 1 unspecified atom stereocenters. The molecule has 0 radical (unpaired) electrons. The van der Waals surface area contributed by atoms with Gasteiger partial charge < -0.3 is 24.6 Å². The lowest BCUT2D eigenvalue weighted by molar-refractivity contribution is 0.0170. The van der Waals surface area contributed by atoms with Crippen LogP contribution in [0.3, 0.4) is 0 Å². The highest BCUT2D eigenvalue weighted by atomic mass is 16.6. The van der Waals surface area contributed by atoms with Gasteiger partial charge in [-0.25, -0.2) is 4.79 Å². The van der Waals surface area contributed by atoms with Gasteiger partial charge in [0.05, 0.1) is 0 Å². The highest BCUT2D eigenvalue weighted by Crippen LogP contribution is 2.20. The van der Waals surface area contributed by atoms with Crippen molar-refractivity contribution < 1.29 is 14.3 Å². The Bertz CT molecular complexity index is 527. The fourth-order valence-electron chi connectivity index (χ4n) is 3.91. The van der Waals surface area contributed by atoms with Crippen LogP contribution in [0, 0.1) is 11.8 Å². The molecule has 0 aromatic carbocycles. The van der Waals surface area contributed by atoms with Gasteiger partial charge in [0.15, 0.2) is 5.96 Å². The van der Waals surface area contributed by atoms with E-state index in [2.05, 4.69) is 24.2 Å². The van der Waals surface area contributed by atoms with Gasteiger partial charge in [0.25, 0.3) is 0 Å². The number of likely N-dealkylation sites (tertiary alicyclic amines) is 1. The molecule has 2 fully saturated rings. The average molecular weight is 411 g/mol. The fraction of sp³-hybridized carbons (Fsp3) is 0.909. The van der Waals surface area contributed by atoms with Crippen LogP contribution in [0.1, 0.15) is 59.8 Å². The van der Waals surface area contributed by atoms with Crippen molar-refractivity contribution in [2.45, 2.75) is 65.4 Å². The highest BCUT2D eigenvalue weighted by molar-refractivity contribution is 5.79. The molecule has 2 heterocycles. The van der Waals surface area contributed by atoms with E-state index in [9.17, 15) is 4.79 Å². The van der Waals surface area contributed by atoms with Crippen molar-refractivity contribution >= 4 is 12.1 Å². The minimum Gasteiger partial charge on any atom is -0.444 e. The van der Waals surface area contributed by atoms with Crippen molar-refractivity contribution in [3.63, 3.8) is 0 Å². The number of carbonyl (C=O) groups excluding carboxylic acids is 1. The summed E-state index contributed by atoms with van der Waals surface area (Å²) in [4.78, 5) is 21.4. The van der Waals surface area contributed by atoms with Crippen molar-refractivity contribution in [1.82, 2.24) is 15.1 Å². The molecule has 2 rings (SSSR count). The number of amides is 1. The Morgan fingerprint density at radius 2 is 1.97 bits per heavy atom. The number of nitrogens with zero attached hydrogens (tertiary/aromatic N) is 3. The maximum absolute atomic E-state index is 12.4. The Labute approximate surface area is 177 Å². The zero-order valence-electron chi connectivity index (χ0n) is 19.2. The van der Waals surface area contributed by atoms with Crippen molar-refractivity contribution in [2.75, 3.05) is 53.0 Å². The van der Waals surface area contributed by atoms with Gasteiger partial charge in [-0.2, -0.15) is 0 Å². The highest BCUT2D eigenvalue weighted by Gasteiger charge is 2.27. The van der Waals surface area contributed by atoms with Crippen LogP contribution in [0.15, 0.2) is 4.99 Å². The molecule has 2 aliphatic rings. The monoisotopic (exact) mass is 410 g/mol. The first kappa shape index (κ1) is 23.8. The number of hydrogen-bond acceptors (Lipinski definition) is 4. The van der Waals surface area contributed by atoms with Crippen molar-refractivity contribution in [3.8, 4) is 0 Å². The molecule has 0 aromatic heterocycles. The molecular weight excluding hydrogens is 368 g/mol. The van der Waals surface area contributed by atoms with Crippen molar-refractivity contribution in [1.29, 1.82) is 0 Å². The van der Waals surface area contributed by atoms with Crippen LogP contribution in [-0.2, 0) is 9.47 Å². The summed E-state index contributed by atoms with van der Waals surface area (Å²) in [6.07, 6.45) is 5.43. The molecule has 1 N–H and O–H groups in total. The average Bonchev–Trinajstić information content (AvgIpc) is 2.69. The molecule has 0 aliphatic carbocycles. The van der Waals surface area contributed by atoms with Gasteiger partial charge in [-0.15, -0.1) is 0 Å². The zero-order chi connectivity index (χ0) is 21.3. The SMILES string of the molecule is CCNC(=NCC1CCCN(C(=O)OC(C)(C)C)C1)N(C)CCC1CCOCC1. The van der Waals surface area contributed by atoms with E-state index >= 15 is 0 Å². The van der Waals surface area contributed by atoms with E-state index in [-0.39, 0.29) is 6.09 Å². The minimum absolute atomic E-state index is 0.202. The number of guanidine groups is 1. The lowest BCUT2D eigenvalue weighted by Gasteiger charge is -2.34. The van der Waals surface area contributed by atoms with Gasteiger partial charge in [-0.1, -0.05) is 0 Å². The van der Waals surface area contributed by atoms with Crippen LogP contribution >= 0.6 is 0 Å². The smallest absolute Gasteiger partial charge is 0.410 e. The maximum atomic E-state index is 12.4. The number of ether oxygens (including phenoxy) is 2. The van der Waals surface area contributed by atoms with E-state index in [0.717, 1.165) is 70.7 Å². The van der Waals surface area contributed by atoms with Crippen LogP contribution in [0.25, 0.3) is 0 Å². The number of piperidine rings is 1. The maximum Gasteiger partial charge on any atom is 0.410 e. The van der Waals surface area contributed by atoms with Gasteiger partial charge in [-0.3, -0.25) is 4.99 Å². The van der Waals surface area contributed by atoms with Crippen LogP contribution in [0.2, 0.25) is 0 Å². The fourth-order valence-corrected chi connectivity index (χ4v) is 3.91. The van der Waals surface area contributed by atoms with E-state index < -0.39 is 5.60 Å². The molecule has 2 aliphatic heterocycles. The number of carbonyl (C=O) groups is 1. The quantitative estimate of drug-likeness (QED) is 0.537. The summed E-state index contributed by atoms with van der Waals surface area (Å²) in [5, 5.41) is 3.42. The summed E-state index contributed by atoms with van der Waals surface area (Å²) in [6, 6.07) is 0. The number of nitrogens with one attached hydrogen (secondary N) is 1. The minimum atomic E-state index is -0.451. The van der Waals surface area contributed by atoms with Crippen molar-refractivity contribution in [3.05, 3.63) is 0 Å².